The number of rotatable bonds is 5. The van der Waals surface area contributed by atoms with Gasteiger partial charge in [-0.1, -0.05) is 18.2 Å². The number of benzene rings is 1. The molecule has 2 fully saturated rings. The quantitative estimate of drug-likeness (QED) is 0.653. The van der Waals surface area contributed by atoms with Crippen LogP contribution in [0.2, 0.25) is 0 Å². The first-order valence-corrected chi connectivity index (χ1v) is 11.2. The van der Waals surface area contributed by atoms with Gasteiger partial charge in [0.1, 0.15) is 11.6 Å². The Morgan fingerprint density at radius 2 is 1.94 bits per heavy atom. The maximum atomic E-state index is 13.0. The van der Waals surface area contributed by atoms with Gasteiger partial charge in [0, 0.05) is 68.7 Å². The molecule has 2 atom stereocenters. The summed E-state index contributed by atoms with van der Waals surface area (Å²) in [5, 5.41) is 3.37. The average molecular weight is 443 g/mol. The van der Waals surface area contributed by atoms with E-state index in [9.17, 15) is 9.59 Å². The fourth-order valence-corrected chi connectivity index (χ4v) is 4.50. The lowest BCUT2D eigenvalue weighted by Crippen LogP contribution is -2.35. The number of nitrogens with zero attached hydrogens (tertiary/aromatic N) is 5. The van der Waals surface area contributed by atoms with Crippen molar-refractivity contribution in [3.63, 3.8) is 0 Å². The van der Waals surface area contributed by atoms with Gasteiger partial charge in [0.05, 0.1) is 11.6 Å². The Balaban J connectivity index is 1.39. The third kappa shape index (κ3) is 4.55. The Labute approximate surface area is 192 Å². The summed E-state index contributed by atoms with van der Waals surface area (Å²) < 4.78 is 0. The van der Waals surface area contributed by atoms with Crippen molar-refractivity contribution in [2.45, 2.75) is 18.8 Å². The molecule has 1 N–H and O–H groups in total. The minimum Gasteiger partial charge on any atom is -0.345 e. The molecule has 2 amide bonds. The number of aromatic nitrogens is 3. The Morgan fingerprint density at radius 1 is 1.09 bits per heavy atom. The van der Waals surface area contributed by atoms with Crippen LogP contribution in [0.1, 0.15) is 24.6 Å². The largest absolute Gasteiger partial charge is 0.345 e. The van der Waals surface area contributed by atoms with Crippen LogP contribution in [0.15, 0.2) is 60.9 Å². The van der Waals surface area contributed by atoms with Gasteiger partial charge >= 0.3 is 0 Å². The fraction of sp³-hybridized carbons (Fsp3) is 0.320. The number of amides is 2. The van der Waals surface area contributed by atoms with E-state index in [1.165, 1.54) is 0 Å². The molecule has 4 heterocycles. The van der Waals surface area contributed by atoms with E-state index in [0.717, 1.165) is 23.4 Å². The molecule has 2 aromatic heterocycles. The number of carbonyl (C=O) groups is 2. The molecule has 2 unspecified atom stereocenters. The molecule has 3 aromatic rings. The Morgan fingerprint density at radius 3 is 2.67 bits per heavy atom. The van der Waals surface area contributed by atoms with Gasteiger partial charge in [-0.3, -0.25) is 14.6 Å². The first kappa shape index (κ1) is 21.1. The number of para-hydroxylation sites is 1. The monoisotopic (exact) mass is 442 g/mol. The van der Waals surface area contributed by atoms with Crippen LogP contribution >= 0.6 is 0 Å². The molecule has 5 rings (SSSR count). The topological polar surface area (TPSA) is 91.3 Å². The first-order chi connectivity index (χ1) is 16.1. The first-order valence-electron chi connectivity index (χ1n) is 11.2. The minimum absolute atomic E-state index is 0.0354. The molecule has 0 aliphatic carbocycles. The molecule has 2 aliphatic heterocycles. The summed E-state index contributed by atoms with van der Waals surface area (Å²) in [7, 11) is 1.75. The van der Waals surface area contributed by atoms with Crippen LogP contribution in [0.25, 0.3) is 11.3 Å². The molecule has 33 heavy (non-hydrogen) atoms. The normalized spacial score (nSPS) is 20.3. The molecule has 0 spiro atoms. The Hall–Kier alpha value is -3.81. The van der Waals surface area contributed by atoms with Gasteiger partial charge in [-0.2, -0.15) is 0 Å². The molecular weight excluding hydrogens is 416 g/mol. The minimum atomic E-state index is -0.251. The molecule has 0 radical (unpaired) electrons. The highest BCUT2D eigenvalue weighted by Gasteiger charge is 2.38. The zero-order valence-electron chi connectivity index (χ0n) is 18.5. The molecule has 8 nitrogen and oxygen atoms in total. The molecule has 2 saturated heterocycles. The van der Waals surface area contributed by atoms with Gasteiger partial charge in [-0.05, 0) is 30.7 Å². The van der Waals surface area contributed by atoms with E-state index in [4.69, 9.17) is 9.97 Å². The molecule has 168 valence electrons. The van der Waals surface area contributed by atoms with Crippen molar-refractivity contribution in [2.24, 2.45) is 5.92 Å². The predicted octanol–water partition coefficient (Wildman–Crippen LogP) is 3.08. The molecule has 0 saturated carbocycles. The summed E-state index contributed by atoms with van der Waals surface area (Å²) in [5.41, 5.74) is 2.65. The lowest BCUT2D eigenvalue weighted by molar-refractivity contribution is -0.134. The molecule has 8 heteroatoms. The second kappa shape index (κ2) is 8.97. The van der Waals surface area contributed by atoms with E-state index in [1.807, 2.05) is 53.4 Å². The average Bonchev–Trinajstić information content (AvgIpc) is 3.47. The van der Waals surface area contributed by atoms with Crippen LogP contribution < -0.4 is 5.32 Å². The second-order valence-electron chi connectivity index (χ2n) is 8.67. The molecule has 2 aliphatic rings. The van der Waals surface area contributed by atoms with E-state index in [0.29, 0.717) is 37.7 Å². The highest BCUT2D eigenvalue weighted by Crippen LogP contribution is 2.31. The van der Waals surface area contributed by atoms with Gasteiger partial charge in [0.15, 0.2) is 0 Å². The van der Waals surface area contributed by atoms with Crippen molar-refractivity contribution < 1.29 is 9.59 Å². The third-order valence-corrected chi connectivity index (χ3v) is 6.30. The zero-order chi connectivity index (χ0) is 22.8. The number of hydrogen-bond acceptors (Lipinski definition) is 6. The summed E-state index contributed by atoms with van der Waals surface area (Å²) in [6, 6.07) is 15.7. The summed E-state index contributed by atoms with van der Waals surface area (Å²) >= 11 is 0. The summed E-state index contributed by atoms with van der Waals surface area (Å²) in [6.07, 6.45) is 4.62. The van der Waals surface area contributed by atoms with Crippen molar-refractivity contribution in [3.05, 3.63) is 66.7 Å². The highest BCUT2D eigenvalue weighted by atomic mass is 16.2. The van der Waals surface area contributed by atoms with E-state index in [-0.39, 0.29) is 23.7 Å². The number of likely N-dealkylation sites (tertiary alicyclic amines) is 2. The lowest BCUT2D eigenvalue weighted by atomic mass is 10.1. The second-order valence-corrected chi connectivity index (χ2v) is 8.67. The van der Waals surface area contributed by atoms with E-state index >= 15 is 0 Å². The highest BCUT2D eigenvalue weighted by molar-refractivity contribution is 5.89. The number of nitrogens with one attached hydrogen (secondary N) is 1. The van der Waals surface area contributed by atoms with Gasteiger partial charge < -0.3 is 15.1 Å². The number of anilines is 2. The predicted molar refractivity (Wildman–Crippen MR) is 125 cm³/mol. The Bertz CT molecular complexity index is 1150. The maximum absolute atomic E-state index is 13.0. The zero-order valence-corrected chi connectivity index (χ0v) is 18.5. The SMILES string of the molecule is CN1CC(C(=O)N2CCC(c3nc(Nc4ccccc4)cc(-c4cccnc4)n3)C2)CC1=O. The Kier molecular flexibility index (Phi) is 5.73. The van der Waals surface area contributed by atoms with Crippen LogP contribution in [-0.4, -0.2) is 63.2 Å². The van der Waals surface area contributed by atoms with Gasteiger partial charge in [-0.25, -0.2) is 9.97 Å². The van der Waals surface area contributed by atoms with Crippen molar-refractivity contribution in [1.29, 1.82) is 0 Å². The van der Waals surface area contributed by atoms with Crippen LogP contribution in [0, 0.1) is 5.92 Å². The van der Waals surface area contributed by atoms with Crippen molar-refractivity contribution in [3.8, 4) is 11.3 Å². The van der Waals surface area contributed by atoms with Crippen molar-refractivity contribution in [2.75, 3.05) is 32.0 Å². The van der Waals surface area contributed by atoms with Crippen LogP contribution in [0.5, 0.6) is 0 Å². The number of carbonyl (C=O) groups excluding carboxylic acids is 2. The third-order valence-electron chi connectivity index (χ3n) is 6.30. The maximum Gasteiger partial charge on any atom is 0.228 e. The van der Waals surface area contributed by atoms with E-state index < -0.39 is 0 Å². The van der Waals surface area contributed by atoms with Crippen LogP contribution in [0.3, 0.4) is 0 Å². The van der Waals surface area contributed by atoms with Crippen LogP contribution in [-0.2, 0) is 9.59 Å². The molecule has 1 aromatic carbocycles. The number of pyridine rings is 1. The molecular formula is C25H26N6O2. The van der Waals surface area contributed by atoms with Gasteiger partial charge in [-0.15, -0.1) is 0 Å². The molecule has 0 bridgehead atoms. The van der Waals surface area contributed by atoms with Crippen LogP contribution in [0.4, 0.5) is 11.5 Å². The van der Waals surface area contributed by atoms with Gasteiger partial charge in [0.25, 0.3) is 0 Å². The van der Waals surface area contributed by atoms with Gasteiger partial charge in [0.2, 0.25) is 11.8 Å². The van der Waals surface area contributed by atoms with Crippen molar-refractivity contribution >= 4 is 23.3 Å². The fourth-order valence-electron chi connectivity index (χ4n) is 4.50. The summed E-state index contributed by atoms with van der Waals surface area (Å²) in [4.78, 5) is 42.3. The summed E-state index contributed by atoms with van der Waals surface area (Å²) in [5.74, 6) is 1.30. The number of hydrogen-bond donors (Lipinski definition) is 1. The van der Waals surface area contributed by atoms with Crippen molar-refractivity contribution in [1.82, 2.24) is 24.8 Å². The van der Waals surface area contributed by atoms with E-state index in [2.05, 4.69) is 10.3 Å². The standard InChI is InChI=1S/C25H26N6O2/c1-30-15-19(12-23(30)32)25(33)31-11-9-18(16-31)24-28-21(17-6-5-10-26-14-17)13-22(29-24)27-20-7-3-2-4-8-20/h2-8,10,13-14,18-19H,9,11-12,15-16H2,1H3,(H,27,28,29). The smallest absolute Gasteiger partial charge is 0.228 e. The van der Waals surface area contributed by atoms with E-state index in [1.54, 1.807) is 24.3 Å². The summed E-state index contributed by atoms with van der Waals surface area (Å²) in [6.45, 7) is 1.71. The lowest BCUT2D eigenvalue weighted by Gasteiger charge is -2.20.